The summed E-state index contributed by atoms with van der Waals surface area (Å²) in [6.45, 7) is 0. The average molecular weight is 258 g/mol. The van der Waals surface area contributed by atoms with Gasteiger partial charge in [0.15, 0.2) is 11.5 Å². The number of fused-ring (bicyclic) bond motifs is 1. The van der Waals surface area contributed by atoms with Crippen LogP contribution >= 0.6 is 12.2 Å². The first-order valence-corrected chi connectivity index (χ1v) is 6.62. The van der Waals surface area contributed by atoms with E-state index in [4.69, 9.17) is 16.6 Å². The molecule has 1 aromatic carbocycles. The normalized spacial score (nSPS) is 15.7. The van der Waals surface area contributed by atoms with Gasteiger partial charge in [-0.25, -0.2) is 0 Å². The fourth-order valence-corrected chi connectivity index (χ4v) is 2.66. The molecule has 1 aromatic heterocycles. The number of hydrogen-bond donors (Lipinski definition) is 1. The summed E-state index contributed by atoms with van der Waals surface area (Å²) < 4.78 is 6.31. The Bertz CT molecular complexity index is 682. The summed E-state index contributed by atoms with van der Waals surface area (Å²) in [7, 11) is 0. The van der Waals surface area contributed by atoms with Crippen molar-refractivity contribution in [3.63, 3.8) is 0 Å². The van der Waals surface area contributed by atoms with E-state index in [9.17, 15) is 5.11 Å². The number of rotatable bonds is 1. The van der Waals surface area contributed by atoms with E-state index in [0.717, 1.165) is 35.8 Å². The molecule has 1 aliphatic rings. The number of para-hydroxylation sites is 1. The SMILES string of the molecule is Oc1c(C2=CCCCC2)oc2ccccc2c1=S. The van der Waals surface area contributed by atoms with Crippen LogP contribution in [0.25, 0.3) is 16.5 Å². The number of aromatic hydroxyl groups is 1. The lowest BCUT2D eigenvalue weighted by Crippen LogP contribution is -1.93. The molecule has 92 valence electrons. The van der Waals surface area contributed by atoms with Crippen molar-refractivity contribution >= 4 is 28.8 Å². The fourth-order valence-electron chi connectivity index (χ4n) is 2.39. The van der Waals surface area contributed by atoms with Gasteiger partial charge in [-0.3, -0.25) is 0 Å². The first-order valence-electron chi connectivity index (χ1n) is 6.21. The van der Waals surface area contributed by atoms with E-state index in [1.807, 2.05) is 24.3 Å². The summed E-state index contributed by atoms with van der Waals surface area (Å²) in [6, 6.07) is 7.57. The molecule has 0 bridgehead atoms. The van der Waals surface area contributed by atoms with Crippen LogP contribution in [0.1, 0.15) is 31.4 Å². The van der Waals surface area contributed by atoms with Gasteiger partial charge in [0.2, 0.25) is 0 Å². The van der Waals surface area contributed by atoms with Crippen molar-refractivity contribution in [2.75, 3.05) is 0 Å². The minimum absolute atomic E-state index is 0.108. The molecule has 1 aliphatic carbocycles. The number of allylic oxidation sites excluding steroid dienone is 2. The highest BCUT2D eigenvalue weighted by atomic mass is 32.1. The molecular formula is C15H14O2S. The van der Waals surface area contributed by atoms with Gasteiger partial charge in [-0.15, -0.1) is 0 Å². The molecule has 1 N–H and O–H groups in total. The summed E-state index contributed by atoms with van der Waals surface area (Å²) in [5, 5.41) is 11.0. The lowest BCUT2D eigenvalue weighted by molar-refractivity contribution is 0.437. The largest absolute Gasteiger partial charge is 0.503 e. The molecule has 0 saturated carbocycles. The highest BCUT2D eigenvalue weighted by molar-refractivity contribution is 7.71. The zero-order chi connectivity index (χ0) is 12.5. The predicted octanol–water partition coefficient (Wildman–Crippen LogP) is 4.83. The van der Waals surface area contributed by atoms with Crippen molar-refractivity contribution in [2.45, 2.75) is 25.7 Å². The van der Waals surface area contributed by atoms with E-state index in [2.05, 4.69) is 6.08 Å². The van der Waals surface area contributed by atoms with E-state index >= 15 is 0 Å². The molecule has 2 aromatic rings. The fraction of sp³-hybridized carbons (Fsp3) is 0.267. The molecule has 0 atom stereocenters. The topological polar surface area (TPSA) is 33.4 Å². The second-order valence-corrected chi connectivity index (χ2v) is 4.99. The van der Waals surface area contributed by atoms with Crippen LogP contribution in [0.3, 0.4) is 0 Å². The van der Waals surface area contributed by atoms with Crippen LogP contribution in [0.2, 0.25) is 0 Å². The second-order valence-electron chi connectivity index (χ2n) is 4.58. The predicted molar refractivity (Wildman–Crippen MR) is 75.2 cm³/mol. The van der Waals surface area contributed by atoms with Gasteiger partial charge in [-0.2, -0.15) is 0 Å². The van der Waals surface area contributed by atoms with Gasteiger partial charge in [-0.1, -0.05) is 30.4 Å². The molecule has 1 heterocycles. The van der Waals surface area contributed by atoms with Crippen molar-refractivity contribution in [3.05, 3.63) is 40.6 Å². The van der Waals surface area contributed by atoms with Crippen LogP contribution < -0.4 is 0 Å². The molecule has 18 heavy (non-hydrogen) atoms. The molecule has 0 radical (unpaired) electrons. The Morgan fingerprint density at radius 1 is 1.17 bits per heavy atom. The molecule has 0 aliphatic heterocycles. The summed E-state index contributed by atoms with van der Waals surface area (Å²) in [6.07, 6.45) is 6.48. The minimum atomic E-state index is 0.108. The first-order chi connectivity index (χ1) is 8.77. The first kappa shape index (κ1) is 11.5. The Labute approximate surface area is 111 Å². The van der Waals surface area contributed by atoms with E-state index < -0.39 is 0 Å². The maximum atomic E-state index is 10.2. The monoisotopic (exact) mass is 258 g/mol. The molecule has 0 unspecified atom stereocenters. The van der Waals surface area contributed by atoms with Gasteiger partial charge in [0.25, 0.3) is 0 Å². The lowest BCUT2D eigenvalue weighted by Gasteiger charge is -2.13. The van der Waals surface area contributed by atoms with Crippen LogP contribution in [-0.4, -0.2) is 5.11 Å². The smallest absolute Gasteiger partial charge is 0.177 e. The molecule has 0 spiro atoms. The van der Waals surface area contributed by atoms with Crippen molar-refractivity contribution in [1.82, 2.24) is 0 Å². The van der Waals surface area contributed by atoms with Crippen molar-refractivity contribution in [1.29, 1.82) is 0 Å². The van der Waals surface area contributed by atoms with Crippen molar-refractivity contribution in [2.24, 2.45) is 0 Å². The van der Waals surface area contributed by atoms with Crippen molar-refractivity contribution in [3.8, 4) is 5.75 Å². The van der Waals surface area contributed by atoms with Crippen LogP contribution in [0.15, 0.2) is 34.8 Å². The van der Waals surface area contributed by atoms with E-state index in [1.54, 1.807) is 0 Å². The Kier molecular flexibility index (Phi) is 2.92. The molecular weight excluding hydrogens is 244 g/mol. The Hall–Kier alpha value is -1.61. The lowest BCUT2D eigenvalue weighted by atomic mass is 9.97. The molecule has 2 nitrogen and oxygen atoms in total. The van der Waals surface area contributed by atoms with Gasteiger partial charge in [-0.05, 0) is 43.4 Å². The maximum absolute atomic E-state index is 10.2. The standard InChI is InChI=1S/C15H14O2S/c16-13-14(10-6-2-1-3-7-10)17-12-9-5-4-8-11(12)15(13)18/h4-6,8-9,16H,1-3,7H2. The summed E-state index contributed by atoms with van der Waals surface area (Å²) in [5.74, 6) is 0.662. The Morgan fingerprint density at radius 3 is 2.78 bits per heavy atom. The quantitative estimate of drug-likeness (QED) is 0.744. The third kappa shape index (κ3) is 1.85. The van der Waals surface area contributed by atoms with Crippen LogP contribution in [0.4, 0.5) is 0 Å². The van der Waals surface area contributed by atoms with Gasteiger partial charge in [0.05, 0.1) is 4.51 Å². The van der Waals surface area contributed by atoms with E-state index in [0.29, 0.717) is 10.3 Å². The average Bonchev–Trinajstić information content (AvgIpc) is 2.44. The van der Waals surface area contributed by atoms with Gasteiger partial charge < -0.3 is 9.52 Å². The minimum Gasteiger partial charge on any atom is -0.503 e. The summed E-state index contributed by atoms with van der Waals surface area (Å²) >= 11 is 5.31. The zero-order valence-corrected chi connectivity index (χ0v) is 10.8. The van der Waals surface area contributed by atoms with E-state index in [1.165, 1.54) is 6.42 Å². The highest BCUT2D eigenvalue weighted by Gasteiger charge is 2.16. The third-order valence-corrected chi connectivity index (χ3v) is 3.77. The van der Waals surface area contributed by atoms with Crippen LogP contribution in [0, 0.1) is 4.51 Å². The second kappa shape index (κ2) is 4.58. The number of hydrogen-bond acceptors (Lipinski definition) is 3. The van der Waals surface area contributed by atoms with Gasteiger partial charge in [0.1, 0.15) is 5.58 Å². The zero-order valence-electron chi connectivity index (χ0n) is 9.98. The van der Waals surface area contributed by atoms with Crippen LogP contribution in [-0.2, 0) is 0 Å². The molecule has 0 fully saturated rings. The molecule has 3 rings (SSSR count). The molecule has 0 amide bonds. The third-order valence-electron chi connectivity index (χ3n) is 3.36. The number of benzene rings is 1. The summed E-state index contributed by atoms with van der Waals surface area (Å²) in [4.78, 5) is 0. The van der Waals surface area contributed by atoms with Crippen molar-refractivity contribution < 1.29 is 9.52 Å². The molecule has 0 saturated heterocycles. The maximum Gasteiger partial charge on any atom is 0.177 e. The highest BCUT2D eigenvalue weighted by Crippen LogP contribution is 2.36. The van der Waals surface area contributed by atoms with Gasteiger partial charge >= 0.3 is 0 Å². The van der Waals surface area contributed by atoms with Gasteiger partial charge in [0, 0.05) is 5.39 Å². The Morgan fingerprint density at radius 2 is 2.00 bits per heavy atom. The van der Waals surface area contributed by atoms with E-state index in [-0.39, 0.29) is 5.75 Å². The van der Waals surface area contributed by atoms with Crippen LogP contribution in [0.5, 0.6) is 5.75 Å². The summed E-state index contributed by atoms with van der Waals surface area (Å²) in [5.41, 5.74) is 1.82. The Balaban J connectivity index is 2.27. The molecule has 3 heteroatoms.